The van der Waals surface area contributed by atoms with Gasteiger partial charge in [0.25, 0.3) is 0 Å². The average Bonchev–Trinajstić information content (AvgIpc) is 3.84. The standard InChI is InChI=1S/C34H54N4O2/c39-37-33(29-17-21-3-7-25(29)13-21)31(27-15-19-1-5-23(27)11-19)35-9-10-36-32(28-16-20-2-6-24(28)12-20)34(38-40)30-18-22-4-8-26(30)14-22/h19-32,35-36,39-40H,1-18H2. The van der Waals surface area contributed by atoms with Crippen molar-refractivity contribution in [1.82, 2.24) is 10.6 Å². The van der Waals surface area contributed by atoms with Crippen molar-refractivity contribution in [2.75, 3.05) is 13.1 Å². The van der Waals surface area contributed by atoms with E-state index < -0.39 is 0 Å². The Labute approximate surface area is 241 Å². The molecule has 0 aromatic rings. The number of hydrogen-bond acceptors (Lipinski definition) is 6. The fraction of sp³-hybridized carbons (Fsp3) is 0.941. The average molecular weight is 551 g/mol. The largest absolute Gasteiger partial charge is 0.411 e. The van der Waals surface area contributed by atoms with E-state index in [1.165, 1.54) is 103 Å². The molecule has 0 amide bonds. The molecule has 8 fully saturated rings. The first-order valence-electron chi connectivity index (χ1n) is 17.6. The van der Waals surface area contributed by atoms with Gasteiger partial charge in [0, 0.05) is 24.9 Å². The summed E-state index contributed by atoms with van der Waals surface area (Å²) in [6.45, 7) is 1.79. The zero-order chi connectivity index (χ0) is 26.8. The summed E-state index contributed by atoms with van der Waals surface area (Å²) in [6, 6.07) is 0.452. The van der Waals surface area contributed by atoms with Gasteiger partial charge in [0.1, 0.15) is 0 Å². The zero-order valence-corrected chi connectivity index (χ0v) is 24.6. The SMILES string of the molecule is ON=C(C1CC2CCC1C2)C(NCCNC(C(=NO)C1CC2CCC1C2)C1CC2CCC1C2)C1CC2CCC1C2. The van der Waals surface area contributed by atoms with Gasteiger partial charge < -0.3 is 21.0 Å². The lowest BCUT2D eigenvalue weighted by molar-refractivity contribution is 0.250. The molecule has 14 atom stereocenters. The van der Waals surface area contributed by atoms with E-state index in [1.807, 2.05) is 0 Å². The van der Waals surface area contributed by atoms with Gasteiger partial charge in [-0.25, -0.2) is 0 Å². The summed E-state index contributed by atoms with van der Waals surface area (Å²) in [7, 11) is 0. The number of nitrogens with one attached hydrogen (secondary N) is 2. The predicted molar refractivity (Wildman–Crippen MR) is 158 cm³/mol. The third-order valence-corrected chi connectivity index (χ3v) is 14.4. The molecule has 8 bridgehead atoms. The second-order valence-corrected chi connectivity index (χ2v) is 16.2. The van der Waals surface area contributed by atoms with Crippen molar-refractivity contribution in [3.8, 4) is 0 Å². The second-order valence-electron chi connectivity index (χ2n) is 16.2. The van der Waals surface area contributed by atoms with Crippen LogP contribution in [0.5, 0.6) is 0 Å². The molecule has 0 saturated heterocycles. The number of oxime groups is 2. The molecule has 0 aliphatic heterocycles. The van der Waals surface area contributed by atoms with Gasteiger partial charge in [0.15, 0.2) is 0 Å². The van der Waals surface area contributed by atoms with Gasteiger partial charge in [0.05, 0.1) is 23.5 Å². The fourth-order valence-electron chi connectivity index (χ4n) is 12.8. The fourth-order valence-corrected chi connectivity index (χ4v) is 12.8. The van der Waals surface area contributed by atoms with Crippen LogP contribution in [0.25, 0.3) is 0 Å². The van der Waals surface area contributed by atoms with E-state index in [9.17, 15) is 10.4 Å². The van der Waals surface area contributed by atoms with Crippen molar-refractivity contribution in [3.63, 3.8) is 0 Å². The molecule has 0 aromatic carbocycles. The number of nitrogens with zero attached hydrogens (tertiary/aromatic N) is 2. The number of hydrogen-bond donors (Lipinski definition) is 4. The Morgan fingerprint density at radius 3 is 1.15 bits per heavy atom. The first kappa shape index (κ1) is 26.5. The van der Waals surface area contributed by atoms with Crippen molar-refractivity contribution >= 4 is 11.4 Å². The Morgan fingerprint density at radius 2 is 0.875 bits per heavy atom. The van der Waals surface area contributed by atoms with Crippen molar-refractivity contribution in [2.45, 2.75) is 115 Å². The monoisotopic (exact) mass is 550 g/mol. The van der Waals surface area contributed by atoms with Gasteiger partial charge in [-0.15, -0.1) is 0 Å². The molecule has 8 rings (SSSR count). The maximum absolute atomic E-state index is 10.4. The molecule has 0 radical (unpaired) electrons. The van der Waals surface area contributed by atoms with Crippen LogP contribution in [-0.4, -0.2) is 47.0 Å². The molecule has 6 nitrogen and oxygen atoms in total. The number of fused-ring (bicyclic) bond motifs is 8. The molecule has 6 heteroatoms. The van der Waals surface area contributed by atoms with Gasteiger partial charge in [-0.1, -0.05) is 36.0 Å². The molecular formula is C34H54N4O2. The minimum atomic E-state index is 0.226. The molecule has 4 N–H and O–H groups in total. The molecule has 0 spiro atoms. The third-order valence-electron chi connectivity index (χ3n) is 14.4. The van der Waals surface area contributed by atoms with Crippen molar-refractivity contribution in [1.29, 1.82) is 0 Å². The van der Waals surface area contributed by atoms with Crippen molar-refractivity contribution in [3.05, 3.63) is 0 Å². The van der Waals surface area contributed by atoms with Crippen LogP contribution < -0.4 is 10.6 Å². The first-order chi connectivity index (χ1) is 19.7. The van der Waals surface area contributed by atoms with Crippen LogP contribution in [0.1, 0.15) is 103 Å². The van der Waals surface area contributed by atoms with Crippen LogP contribution >= 0.6 is 0 Å². The smallest absolute Gasteiger partial charge is 0.0776 e. The lowest BCUT2D eigenvalue weighted by Gasteiger charge is -2.37. The van der Waals surface area contributed by atoms with Crippen molar-refractivity contribution in [2.24, 2.45) is 81.3 Å². The van der Waals surface area contributed by atoms with Gasteiger partial charge in [-0.2, -0.15) is 0 Å². The highest BCUT2D eigenvalue weighted by Crippen LogP contribution is 2.54. The zero-order valence-electron chi connectivity index (χ0n) is 24.6. The Hall–Kier alpha value is -1.14. The Morgan fingerprint density at radius 1 is 0.500 bits per heavy atom. The molecule has 14 unspecified atom stereocenters. The van der Waals surface area contributed by atoms with Crippen LogP contribution in [-0.2, 0) is 0 Å². The summed E-state index contributed by atoms with van der Waals surface area (Å²) in [5.41, 5.74) is 2.21. The molecule has 8 aliphatic carbocycles. The second kappa shape index (κ2) is 10.8. The van der Waals surface area contributed by atoms with E-state index in [1.54, 1.807) is 0 Å². The molecule has 0 heterocycles. The molecule has 8 saturated carbocycles. The topological polar surface area (TPSA) is 89.2 Å². The minimum absolute atomic E-state index is 0.226. The van der Waals surface area contributed by atoms with Crippen LogP contribution in [0.15, 0.2) is 10.3 Å². The molecule has 222 valence electrons. The highest BCUT2D eigenvalue weighted by atomic mass is 16.4. The van der Waals surface area contributed by atoms with Gasteiger partial charge in [-0.3, -0.25) is 0 Å². The highest BCUT2D eigenvalue weighted by molar-refractivity contribution is 5.93. The summed E-state index contributed by atoms with van der Waals surface area (Å²) in [5, 5.41) is 37.1. The summed E-state index contributed by atoms with van der Waals surface area (Å²) in [6.07, 6.45) is 21.6. The predicted octanol–water partition coefficient (Wildman–Crippen LogP) is 6.31. The maximum atomic E-state index is 10.4. The maximum Gasteiger partial charge on any atom is 0.0776 e. The Balaban J connectivity index is 0.968. The first-order valence-corrected chi connectivity index (χ1v) is 17.6. The van der Waals surface area contributed by atoms with Gasteiger partial charge in [0.2, 0.25) is 0 Å². The van der Waals surface area contributed by atoms with Crippen LogP contribution in [0.4, 0.5) is 0 Å². The van der Waals surface area contributed by atoms with Crippen LogP contribution in [0, 0.1) is 71.0 Å². The molecular weight excluding hydrogens is 496 g/mol. The van der Waals surface area contributed by atoms with E-state index in [0.717, 1.165) is 71.9 Å². The quantitative estimate of drug-likeness (QED) is 0.105. The summed E-state index contributed by atoms with van der Waals surface area (Å²) < 4.78 is 0. The normalized spacial score (nSPS) is 48.6. The summed E-state index contributed by atoms with van der Waals surface area (Å²) in [4.78, 5) is 0. The van der Waals surface area contributed by atoms with Gasteiger partial charge in [-0.05, 0) is 136 Å². The Bertz CT molecular complexity index is 920. The van der Waals surface area contributed by atoms with Crippen LogP contribution in [0.2, 0.25) is 0 Å². The lowest BCUT2D eigenvalue weighted by atomic mass is 9.74. The van der Waals surface area contributed by atoms with Crippen LogP contribution in [0.3, 0.4) is 0 Å². The van der Waals surface area contributed by atoms with E-state index >= 15 is 0 Å². The lowest BCUT2D eigenvalue weighted by Crippen LogP contribution is -2.53. The van der Waals surface area contributed by atoms with E-state index in [-0.39, 0.29) is 12.1 Å². The minimum Gasteiger partial charge on any atom is -0.411 e. The highest BCUT2D eigenvalue weighted by Gasteiger charge is 2.51. The molecule has 0 aromatic heterocycles. The van der Waals surface area contributed by atoms with E-state index in [0.29, 0.717) is 23.7 Å². The summed E-state index contributed by atoms with van der Waals surface area (Å²) in [5.74, 6) is 8.83. The molecule has 40 heavy (non-hydrogen) atoms. The molecule has 8 aliphatic rings. The summed E-state index contributed by atoms with van der Waals surface area (Å²) >= 11 is 0. The van der Waals surface area contributed by atoms with E-state index in [2.05, 4.69) is 20.9 Å². The van der Waals surface area contributed by atoms with Gasteiger partial charge >= 0.3 is 0 Å². The number of rotatable bonds is 11. The third kappa shape index (κ3) is 4.57. The van der Waals surface area contributed by atoms with Crippen molar-refractivity contribution < 1.29 is 10.4 Å². The Kier molecular flexibility index (Phi) is 7.18. The van der Waals surface area contributed by atoms with E-state index in [4.69, 9.17) is 0 Å².